The van der Waals surface area contributed by atoms with Gasteiger partial charge in [0.2, 0.25) is 0 Å². The van der Waals surface area contributed by atoms with Crippen molar-refractivity contribution >= 4 is 23.6 Å². The first-order valence-electron chi connectivity index (χ1n) is 9.17. The van der Waals surface area contributed by atoms with E-state index >= 15 is 0 Å². The lowest BCUT2D eigenvalue weighted by atomic mass is 10.0. The Balaban J connectivity index is 1.68. The zero-order valence-electron chi connectivity index (χ0n) is 15.2. The van der Waals surface area contributed by atoms with Gasteiger partial charge in [-0.1, -0.05) is 31.5 Å². The molecule has 0 atom stereocenters. The van der Waals surface area contributed by atoms with Gasteiger partial charge >= 0.3 is 0 Å². The molecule has 5 heteroatoms. The molecule has 4 nitrogen and oxygen atoms in total. The normalized spacial score (nSPS) is 13.6. The Kier molecular flexibility index (Phi) is 8.35. The highest BCUT2D eigenvalue weighted by Gasteiger charge is 2.20. The molecule has 2 rings (SSSR count). The number of benzene rings is 1. The smallest absolute Gasteiger partial charge is 0.282 e. The first kappa shape index (κ1) is 19.9. The predicted octanol–water partition coefficient (Wildman–Crippen LogP) is 4.55. The third kappa shape index (κ3) is 6.40. The van der Waals surface area contributed by atoms with Crippen LogP contribution in [-0.4, -0.2) is 43.4 Å². The second kappa shape index (κ2) is 10.5. The van der Waals surface area contributed by atoms with Crippen LogP contribution in [0.2, 0.25) is 0 Å². The zero-order valence-corrected chi connectivity index (χ0v) is 16.1. The molecule has 0 bridgehead atoms. The fourth-order valence-electron chi connectivity index (χ4n) is 3.20. The molecule has 1 amide bonds. The number of aryl methyl sites for hydroxylation is 1. The fourth-order valence-corrected chi connectivity index (χ4v) is 3.41. The number of nitrogens with zero attached hydrogens (tertiary/aromatic N) is 2. The number of amides is 1. The van der Waals surface area contributed by atoms with Crippen molar-refractivity contribution in [3.8, 4) is 5.75 Å². The average molecular weight is 363 g/mol. The van der Waals surface area contributed by atoms with Crippen molar-refractivity contribution in [2.75, 3.05) is 38.2 Å². The van der Waals surface area contributed by atoms with Crippen LogP contribution in [0.15, 0.2) is 30.9 Å². The van der Waals surface area contributed by atoms with Gasteiger partial charge in [-0.05, 0) is 63.0 Å². The van der Waals surface area contributed by atoms with Crippen LogP contribution in [0.5, 0.6) is 5.75 Å². The highest BCUT2D eigenvalue weighted by Crippen LogP contribution is 2.31. The monoisotopic (exact) mass is 362 g/mol. The molecule has 0 aromatic heterocycles. The van der Waals surface area contributed by atoms with Gasteiger partial charge in [-0.3, -0.25) is 4.79 Å². The molecular weight excluding hydrogens is 332 g/mol. The van der Waals surface area contributed by atoms with Crippen LogP contribution < -0.4 is 9.64 Å². The van der Waals surface area contributed by atoms with Gasteiger partial charge in [-0.15, -0.1) is 6.58 Å². The number of hydrogen-bond donors (Lipinski definition) is 1. The summed E-state index contributed by atoms with van der Waals surface area (Å²) in [4.78, 5) is 15.6. The van der Waals surface area contributed by atoms with Gasteiger partial charge in [-0.25, -0.2) is 0 Å². The number of likely N-dealkylation sites (N-methyl/N-ethyl adjacent to an activating group) is 1. The van der Waals surface area contributed by atoms with Crippen molar-refractivity contribution in [3.05, 3.63) is 36.4 Å². The molecule has 0 saturated heterocycles. The van der Waals surface area contributed by atoms with Gasteiger partial charge in [0.25, 0.3) is 5.24 Å². The average Bonchev–Trinajstić information content (AvgIpc) is 2.60. The van der Waals surface area contributed by atoms with Crippen LogP contribution >= 0.6 is 12.6 Å². The van der Waals surface area contributed by atoms with Gasteiger partial charge in [0.05, 0.1) is 6.61 Å². The quantitative estimate of drug-likeness (QED) is 0.377. The Morgan fingerprint density at radius 1 is 1.36 bits per heavy atom. The van der Waals surface area contributed by atoms with Crippen molar-refractivity contribution in [3.63, 3.8) is 0 Å². The standard InChI is InChI=1S/C20H30N2O2S/c1-3-12-21(2)13-6-4-5-7-15-24-18-10-11-19-17(16-18)9-8-14-22(19)20(23)25/h3,10-11,16H,1,4-9,12-15H2,2H3,(H,23,25). The summed E-state index contributed by atoms with van der Waals surface area (Å²) in [6.07, 6.45) is 8.62. The molecule has 0 spiro atoms. The third-order valence-corrected chi connectivity index (χ3v) is 4.79. The van der Waals surface area contributed by atoms with Crippen molar-refractivity contribution in [2.45, 2.75) is 38.5 Å². The van der Waals surface area contributed by atoms with Crippen LogP contribution in [0.4, 0.5) is 10.5 Å². The zero-order chi connectivity index (χ0) is 18.1. The molecule has 1 aromatic carbocycles. The number of carbonyl (C=O) groups is 1. The molecule has 0 aliphatic carbocycles. The highest BCUT2D eigenvalue weighted by molar-refractivity contribution is 7.96. The van der Waals surface area contributed by atoms with Crippen LogP contribution in [0.3, 0.4) is 0 Å². The van der Waals surface area contributed by atoms with E-state index in [1.165, 1.54) is 24.8 Å². The van der Waals surface area contributed by atoms with E-state index in [-0.39, 0.29) is 5.24 Å². The van der Waals surface area contributed by atoms with Gasteiger partial charge in [0.15, 0.2) is 0 Å². The summed E-state index contributed by atoms with van der Waals surface area (Å²) in [5.74, 6) is 0.901. The second-order valence-corrected chi connectivity index (χ2v) is 7.02. The van der Waals surface area contributed by atoms with Gasteiger partial charge in [-0.2, -0.15) is 0 Å². The van der Waals surface area contributed by atoms with E-state index in [1.807, 2.05) is 18.2 Å². The number of anilines is 1. The molecule has 0 unspecified atom stereocenters. The van der Waals surface area contributed by atoms with Gasteiger partial charge in [0, 0.05) is 18.8 Å². The number of carbonyl (C=O) groups excluding carboxylic acids is 1. The molecule has 0 N–H and O–H groups in total. The summed E-state index contributed by atoms with van der Waals surface area (Å²) < 4.78 is 5.89. The van der Waals surface area contributed by atoms with E-state index in [4.69, 9.17) is 4.74 Å². The maximum Gasteiger partial charge on any atom is 0.282 e. The SMILES string of the molecule is C=CCN(C)CCCCCCOc1ccc2c(c1)CCCN2C(=O)S. The molecule has 1 aliphatic heterocycles. The Labute approximate surface area is 157 Å². The largest absolute Gasteiger partial charge is 0.494 e. The van der Waals surface area contributed by atoms with E-state index in [1.54, 1.807) is 4.90 Å². The summed E-state index contributed by atoms with van der Waals surface area (Å²) in [7, 11) is 2.13. The van der Waals surface area contributed by atoms with E-state index in [9.17, 15) is 4.79 Å². The second-order valence-electron chi connectivity index (χ2n) is 6.64. The Morgan fingerprint density at radius 3 is 2.92 bits per heavy atom. The Bertz CT molecular complexity index is 577. The van der Waals surface area contributed by atoms with Gasteiger partial charge in [0.1, 0.15) is 5.75 Å². The van der Waals surface area contributed by atoms with Crippen LogP contribution in [0.1, 0.15) is 37.7 Å². The molecule has 1 heterocycles. The summed E-state index contributed by atoms with van der Waals surface area (Å²) in [6, 6.07) is 6.01. The molecule has 1 aliphatic rings. The predicted molar refractivity (Wildman–Crippen MR) is 108 cm³/mol. The summed E-state index contributed by atoms with van der Waals surface area (Å²) in [5, 5.41) is -0.187. The number of rotatable bonds is 10. The summed E-state index contributed by atoms with van der Waals surface area (Å²) in [6.45, 7) is 7.33. The topological polar surface area (TPSA) is 32.8 Å². The molecule has 0 radical (unpaired) electrons. The lowest BCUT2D eigenvalue weighted by molar-refractivity contribution is 0.265. The highest BCUT2D eigenvalue weighted by atomic mass is 32.1. The number of hydrogen-bond acceptors (Lipinski definition) is 3. The van der Waals surface area contributed by atoms with Crippen molar-refractivity contribution in [2.24, 2.45) is 0 Å². The van der Waals surface area contributed by atoms with E-state index in [2.05, 4.69) is 37.2 Å². The Morgan fingerprint density at radius 2 is 2.16 bits per heavy atom. The lowest BCUT2D eigenvalue weighted by Crippen LogP contribution is -2.31. The van der Waals surface area contributed by atoms with Crippen molar-refractivity contribution < 1.29 is 9.53 Å². The fraction of sp³-hybridized carbons (Fsp3) is 0.550. The van der Waals surface area contributed by atoms with Crippen molar-refractivity contribution in [1.82, 2.24) is 4.90 Å². The van der Waals surface area contributed by atoms with Crippen LogP contribution in [0, 0.1) is 0 Å². The minimum absolute atomic E-state index is 0.187. The van der Waals surface area contributed by atoms with E-state index < -0.39 is 0 Å². The molecule has 0 fully saturated rings. The first-order chi connectivity index (χ1) is 12.1. The Hall–Kier alpha value is -1.46. The first-order valence-corrected chi connectivity index (χ1v) is 9.62. The van der Waals surface area contributed by atoms with Crippen LogP contribution in [-0.2, 0) is 6.42 Å². The minimum atomic E-state index is -0.187. The molecular formula is C20H30N2O2S. The molecule has 138 valence electrons. The molecule has 0 saturated carbocycles. The molecule has 1 aromatic rings. The molecule has 25 heavy (non-hydrogen) atoms. The van der Waals surface area contributed by atoms with E-state index in [0.717, 1.165) is 56.9 Å². The number of fused-ring (bicyclic) bond motifs is 1. The number of ether oxygens (including phenoxy) is 1. The minimum Gasteiger partial charge on any atom is -0.494 e. The summed E-state index contributed by atoms with van der Waals surface area (Å²) >= 11 is 3.96. The maximum absolute atomic E-state index is 11.6. The van der Waals surface area contributed by atoms with E-state index in [0.29, 0.717) is 0 Å². The number of thiol groups is 1. The van der Waals surface area contributed by atoms with Crippen LogP contribution in [0.25, 0.3) is 0 Å². The van der Waals surface area contributed by atoms with Gasteiger partial charge < -0.3 is 14.5 Å². The lowest BCUT2D eigenvalue weighted by Gasteiger charge is -2.28. The maximum atomic E-state index is 11.6. The number of unbranched alkanes of at least 4 members (excludes halogenated alkanes) is 3. The third-order valence-electron chi connectivity index (χ3n) is 4.54. The summed E-state index contributed by atoms with van der Waals surface area (Å²) in [5.41, 5.74) is 2.15. The van der Waals surface area contributed by atoms with Crippen molar-refractivity contribution in [1.29, 1.82) is 0 Å².